The molecule has 0 saturated carbocycles. The predicted molar refractivity (Wildman–Crippen MR) is 133 cm³/mol. The Labute approximate surface area is 193 Å². The Hall–Kier alpha value is -3.65. The number of aromatic amines is 1. The smallest absolute Gasteiger partial charge is 0.231 e. The Kier molecular flexibility index (Phi) is 6.08. The van der Waals surface area contributed by atoms with Gasteiger partial charge in [-0.25, -0.2) is 0 Å². The fraction of sp³-hybridized carbons (Fsp3) is 0.320. The second-order valence-corrected chi connectivity index (χ2v) is 8.11. The van der Waals surface area contributed by atoms with E-state index >= 15 is 0 Å². The Balaban J connectivity index is 1.51. The van der Waals surface area contributed by atoms with Gasteiger partial charge in [-0.3, -0.25) is 0 Å². The van der Waals surface area contributed by atoms with Gasteiger partial charge >= 0.3 is 0 Å². The first-order chi connectivity index (χ1) is 16.2. The lowest BCUT2D eigenvalue weighted by molar-refractivity contribution is 0.122. The molecule has 5 rings (SSSR count). The van der Waals surface area contributed by atoms with E-state index in [9.17, 15) is 0 Å². The van der Waals surface area contributed by atoms with Gasteiger partial charge in [0.2, 0.25) is 11.9 Å². The molecular weight excluding hydrogens is 414 g/mol. The van der Waals surface area contributed by atoms with Crippen LogP contribution in [0.2, 0.25) is 0 Å². The molecule has 1 fully saturated rings. The van der Waals surface area contributed by atoms with Crippen molar-refractivity contribution in [3.05, 3.63) is 59.7 Å². The molecule has 0 atom stereocenters. The first-order valence-electron chi connectivity index (χ1n) is 11.5. The number of nitrogens with one attached hydrogen (secondary N) is 3. The molecule has 8 heteroatoms. The molecule has 0 radical (unpaired) electrons. The third-order valence-corrected chi connectivity index (χ3v) is 5.83. The molecule has 1 aliphatic heterocycles. The van der Waals surface area contributed by atoms with Crippen LogP contribution < -0.4 is 15.5 Å². The minimum Gasteiger partial charge on any atom is -0.378 e. The average molecular weight is 444 g/mol. The maximum Gasteiger partial charge on any atom is 0.231 e. The van der Waals surface area contributed by atoms with E-state index in [1.165, 1.54) is 11.1 Å². The van der Waals surface area contributed by atoms with Crippen molar-refractivity contribution >= 4 is 40.3 Å². The Morgan fingerprint density at radius 1 is 0.879 bits per heavy atom. The summed E-state index contributed by atoms with van der Waals surface area (Å²) in [7, 11) is 0. The molecule has 0 amide bonds. The number of aryl methyl sites for hydroxylation is 2. The lowest BCUT2D eigenvalue weighted by atomic mass is 10.1. The first kappa shape index (κ1) is 21.2. The first-order valence-corrected chi connectivity index (χ1v) is 11.5. The highest BCUT2D eigenvalue weighted by Gasteiger charge is 2.20. The van der Waals surface area contributed by atoms with Crippen molar-refractivity contribution in [2.45, 2.75) is 26.7 Å². The summed E-state index contributed by atoms with van der Waals surface area (Å²) in [5.74, 6) is 2.01. The lowest BCUT2D eigenvalue weighted by Crippen LogP contribution is -2.37. The van der Waals surface area contributed by atoms with E-state index in [4.69, 9.17) is 19.7 Å². The molecule has 1 aliphatic rings. The highest BCUT2D eigenvalue weighted by Crippen LogP contribution is 2.28. The standard InChI is InChI=1S/C25H29N7O/c1-3-17-7-5-9-19(15-17)26-24-28-21-22(29-24)30-25(27-20-10-6-8-18(4-2)16-20)31-23(21)32-11-13-33-14-12-32/h5-10,15-16H,3-4,11-14H2,1-2H3,(H3,26,27,28,29,30,31). The number of rotatable bonds is 7. The van der Waals surface area contributed by atoms with E-state index in [1.54, 1.807) is 0 Å². The normalized spacial score (nSPS) is 13.9. The van der Waals surface area contributed by atoms with Gasteiger partial charge in [-0.05, 0) is 48.2 Å². The number of morpholine rings is 1. The Morgan fingerprint density at radius 3 is 2.21 bits per heavy atom. The van der Waals surface area contributed by atoms with Crippen molar-refractivity contribution < 1.29 is 4.74 Å². The number of nitrogens with zero attached hydrogens (tertiary/aromatic N) is 4. The highest BCUT2D eigenvalue weighted by molar-refractivity contribution is 5.87. The number of fused-ring (bicyclic) bond motifs is 1. The topological polar surface area (TPSA) is 91.0 Å². The minimum atomic E-state index is 0.531. The van der Waals surface area contributed by atoms with Crippen LogP contribution in [0.5, 0.6) is 0 Å². The molecule has 0 aliphatic carbocycles. The van der Waals surface area contributed by atoms with E-state index in [2.05, 4.69) is 64.7 Å². The fourth-order valence-corrected chi connectivity index (χ4v) is 4.01. The number of aromatic nitrogens is 4. The number of H-pyrrole nitrogens is 1. The zero-order valence-electron chi connectivity index (χ0n) is 19.1. The fourth-order valence-electron chi connectivity index (χ4n) is 4.01. The third-order valence-electron chi connectivity index (χ3n) is 5.83. The summed E-state index contributed by atoms with van der Waals surface area (Å²) >= 11 is 0. The molecule has 2 aromatic carbocycles. The van der Waals surface area contributed by atoms with Crippen LogP contribution in [0.1, 0.15) is 25.0 Å². The summed E-state index contributed by atoms with van der Waals surface area (Å²) in [5, 5.41) is 6.75. The molecule has 0 spiro atoms. The van der Waals surface area contributed by atoms with Crippen molar-refractivity contribution in [1.82, 2.24) is 19.9 Å². The van der Waals surface area contributed by atoms with E-state index in [-0.39, 0.29) is 0 Å². The van der Waals surface area contributed by atoms with E-state index < -0.39 is 0 Å². The van der Waals surface area contributed by atoms with Gasteiger partial charge in [0, 0.05) is 24.5 Å². The second-order valence-electron chi connectivity index (χ2n) is 8.11. The maximum absolute atomic E-state index is 5.55. The SMILES string of the molecule is CCc1cccc(Nc2nc(N3CCOCC3)c3[nH]c(Nc4cccc(CC)c4)nc3n2)c1. The minimum absolute atomic E-state index is 0.531. The zero-order chi connectivity index (χ0) is 22.6. The third kappa shape index (κ3) is 4.75. The van der Waals surface area contributed by atoms with Gasteiger partial charge in [-0.2, -0.15) is 15.0 Å². The van der Waals surface area contributed by atoms with Crippen LogP contribution in [-0.2, 0) is 17.6 Å². The van der Waals surface area contributed by atoms with Gasteiger partial charge in [0.05, 0.1) is 13.2 Å². The number of ether oxygens (including phenoxy) is 1. The van der Waals surface area contributed by atoms with Gasteiger partial charge in [0.1, 0.15) is 5.52 Å². The number of imidazole rings is 1. The second kappa shape index (κ2) is 9.46. The maximum atomic E-state index is 5.55. The number of anilines is 5. The molecule has 3 heterocycles. The van der Waals surface area contributed by atoms with Crippen molar-refractivity contribution in [2.24, 2.45) is 0 Å². The van der Waals surface area contributed by atoms with Gasteiger partial charge < -0.3 is 25.3 Å². The monoisotopic (exact) mass is 443 g/mol. The average Bonchev–Trinajstić information content (AvgIpc) is 3.26. The van der Waals surface area contributed by atoms with Crippen LogP contribution in [0.3, 0.4) is 0 Å². The molecule has 0 bridgehead atoms. The van der Waals surface area contributed by atoms with Crippen LogP contribution in [0.4, 0.5) is 29.1 Å². The Bertz CT molecular complexity index is 1250. The molecule has 2 aromatic heterocycles. The van der Waals surface area contributed by atoms with E-state index in [1.807, 2.05) is 18.2 Å². The summed E-state index contributed by atoms with van der Waals surface area (Å²) in [6, 6.07) is 16.7. The van der Waals surface area contributed by atoms with Crippen LogP contribution >= 0.6 is 0 Å². The van der Waals surface area contributed by atoms with E-state index in [0.717, 1.165) is 48.6 Å². The molecule has 0 unspecified atom stereocenters. The van der Waals surface area contributed by atoms with Gasteiger partial charge in [0.25, 0.3) is 0 Å². The largest absolute Gasteiger partial charge is 0.378 e. The van der Waals surface area contributed by atoms with Gasteiger partial charge in [-0.15, -0.1) is 0 Å². The summed E-state index contributed by atoms with van der Waals surface area (Å²) in [6.45, 7) is 7.20. The number of hydrogen-bond acceptors (Lipinski definition) is 7. The summed E-state index contributed by atoms with van der Waals surface area (Å²) < 4.78 is 5.55. The summed E-state index contributed by atoms with van der Waals surface area (Å²) in [5.41, 5.74) is 5.92. The predicted octanol–water partition coefficient (Wildman–Crippen LogP) is 4.80. The molecule has 4 aromatic rings. The van der Waals surface area contributed by atoms with E-state index in [0.29, 0.717) is 30.8 Å². The van der Waals surface area contributed by atoms with Crippen LogP contribution in [-0.4, -0.2) is 46.2 Å². The Morgan fingerprint density at radius 2 is 1.55 bits per heavy atom. The summed E-state index contributed by atoms with van der Waals surface area (Å²) in [4.78, 5) is 19.9. The van der Waals surface area contributed by atoms with Crippen LogP contribution in [0.25, 0.3) is 11.2 Å². The lowest BCUT2D eigenvalue weighted by Gasteiger charge is -2.28. The number of benzene rings is 2. The van der Waals surface area contributed by atoms with Crippen molar-refractivity contribution in [3.8, 4) is 0 Å². The molecule has 33 heavy (non-hydrogen) atoms. The quantitative estimate of drug-likeness (QED) is 0.378. The molecule has 1 saturated heterocycles. The molecule has 8 nitrogen and oxygen atoms in total. The van der Waals surface area contributed by atoms with Gasteiger partial charge in [0.15, 0.2) is 11.5 Å². The summed E-state index contributed by atoms with van der Waals surface area (Å²) in [6.07, 6.45) is 1.96. The van der Waals surface area contributed by atoms with Crippen LogP contribution in [0, 0.1) is 0 Å². The number of hydrogen-bond donors (Lipinski definition) is 3. The van der Waals surface area contributed by atoms with Gasteiger partial charge in [-0.1, -0.05) is 38.1 Å². The zero-order valence-corrected chi connectivity index (χ0v) is 19.1. The highest BCUT2D eigenvalue weighted by atomic mass is 16.5. The van der Waals surface area contributed by atoms with Crippen molar-refractivity contribution in [1.29, 1.82) is 0 Å². The molecule has 3 N–H and O–H groups in total. The van der Waals surface area contributed by atoms with Crippen LogP contribution in [0.15, 0.2) is 48.5 Å². The van der Waals surface area contributed by atoms with Crippen molar-refractivity contribution in [3.63, 3.8) is 0 Å². The van der Waals surface area contributed by atoms with Crippen molar-refractivity contribution in [2.75, 3.05) is 41.8 Å². The molecular formula is C25H29N7O. The molecule has 170 valence electrons.